The van der Waals surface area contributed by atoms with Crippen LogP contribution in [-0.4, -0.2) is 22.6 Å². The van der Waals surface area contributed by atoms with Crippen LogP contribution in [0.1, 0.15) is 18.4 Å². The highest BCUT2D eigenvalue weighted by molar-refractivity contribution is 6.06. The van der Waals surface area contributed by atoms with Crippen LogP contribution in [0.15, 0.2) is 72.0 Å². The predicted molar refractivity (Wildman–Crippen MR) is 100 cm³/mol. The third-order valence-electron chi connectivity index (χ3n) is 4.47. The highest BCUT2D eigenvalue weighted by Gasteiger charge is 2.23. The van der Waals surface area contributed by atoms with Crippen molar-refractivity contribution in [1.29, 1.82) is 0 Å². The van der Waals surface area contributed by atoms with Crippen LogP contribution in [0.5, 0.6) is 0 Å². The van der Waals surface area contributed by atoms with E-state index in [9.17, 15) is 4.79 Å². The molecule has 1 fully saturated rings. The summed E-state index contributed by atoms with van der Waals surface area (Å²) >= 11 is 0. The van der Waals surface area contributed by atoms with Gasteiger partial charge in [0.2, 0.25) is 5.91 Å². The third-order valence-corrected chi connectivity index (χ3v) is 4.47. The smallest absolute Gasteiger partial charge is 0.225 e. The van der Waals surface area contributed by atoms with Crippen LogP contribution in [0.2, 0.25) is 0 Å². The Morgan fingerprint density at radius 3 is 2.84 bits per heavy atom. The van der Waals surface area contributed by atoms with Gasteiger partial charge in [0.1, 0.15) is 0 Å². The maximum atomic E-state index is 12.1. The first-order valence-electron chi connectivity index (χ1n) is 8.50. The number of hydrogen-bond acceptors (Lipinski definition) is 3. The number of hydrogen-bond donors (Lipinski definition) is 1. The maximum absolute atomic E-state index is 12.1. The second kappa shape index (κ2) is 6.85. The number of pyridine rings is 1. The van der Waals surface area contributed by atoms with Crippen molar-refractivity contribution in [2.24, 2.45) is 4.99 Å². The van der Waals surface area contributed by atoms with Gasteiger partial charge in [-0.3, -0.25) is 14.8 Å². The van der Waals surface area contributed by atoms with Crippen molar-refractivity contribution >= 4 is 28.1 Å². The molecule has 124 valence electrons. The average Bonchev–Trinajstić information content (AvgIpc) is 2.62. The molecule has 1 atom stereocenters. The van der Waals surface area contributed by atoms with Gasteiger partial charge in [0, 0.05) is 41.3 Å². The molecule has 1 aliphatic heterocycles. The van der Waals surface area contributed by atoms with Crippen LogP contribution in [0.4, 0.5) is 5.69 Å². The summed E-state index contributed by atoms with van der Waals surface area (Å²) in [5.41, 5.74) is 3.07. The molecular weight excluding hydrogens is 310 g/mol. The Balaban J connectivity index is 1.60. The van der Waals surface area contributed by atoms with Crippen molar-refractivity contribution in [1.82, 2.24) is 10.3 Å². The first-order chi connectivity index (χ1) is 12.3. The summed E-state index contributed by atoms with van der Waals surface area (Å²) in [4.78, 5) is 21.1. The van der Waals surface area contributed by atoms with E-state index in [1.165, 1.54) is 5.56 Å². The number of benzene rings is 2. The Kier molecular flexibility index (Phi) is 4.25. The van der Waals surface area contributed by atoms with Crippen molar-refractivity contribution in [3.05, 3.63) is 72.6 Å². The normalized spacial score (nSPS) is 19.1. The molecule has 1 aliphatic rings. The molecule has 1 unspecified atom stereocenters. The van der Waals surface area contributed by atoms with Gasteiger partial charge < -0.3 is 5.32 Å². The van der Waals surface area contributed by atoms with Crippen LogP contribution in [0, 0.1) is 0 Å². The number of carbonyl (C=O) groups excluding carboxylic acids is 1. The van der Waals surface area contributed by atoms with Crippen molar-refractivity contribution in [2.75, 3.05) is 0 Å². The molecule has 4 rings (SSSR count). The number of aliphatic imine (C=N–C) groups is 1. The van der Waals surface area contributed by atoms with Gasteiger partial charge in [0.25, 0.3) is 0 Å². The molecule has 1 saturated heterocycles. The zero-order valence-electron chi connectivity index (χ0n) is 13.9. The number of aromatic nitrogens is 1. The fourth-order valence-corrected chi connectivity index (χ4v) is 3.35. The highest BCUT2D eigenvalue weighted by Crippen LogP contribution is 2.26. The molecule has 0 radical (unpaired) electrons. The molecule has 2 aromatic carbocycles. The second-order valence-electron chi connectivity index (χ2n) is 6.39. The van der Waals surface area contributed by atoms with E-state index in [1.54, 1.807) is 6.20 Å². The molecule has 1 aromatic heterocycles. The van der Waals surface area contributed by atoms with E-state index >= 15 is 0 Å². The number of amides is 1. The van der Waals surface area contributed by atoms with Crippen LogP contribution in [0.25, 0.3) is 10.8 Å². The average molecular weight is 329 g/mol. The molecule has 0 bridgehead atoms. The van der Waals surface area contributed by atoms with Gasteiger partial charge in [-0.15, -0.1) is 0 Å². The van der Waals surface area contributed by atoms with E-state index in [4.69, 9.17) is 4.99 Å². The van der Waals surface area contributed by atoms with E-state index in [0.717, 1.165) is 35.0 Å². The quantitative estimate of drug-likeness (QED) is 0.794. The topological polar surface area (TPSA) is 54.4 Å². The van der Waals surface area contributed by atoms with Gasteiger partial charge in [-0.05, 0) is 24.1 Å². The molecule has 0 spiro atoms. The minimum absolute atomic E-state index is 0.0489. The summed E-state index contributed by atoms with van der Waals surface area (Å²) in [6.45, 7) is 0. The largest absolute Gasteiger partial charge is 0.352 e. The Labute approximate surface area is 146 Å². The summed E-state index contributed by atoms with van der Waals surface area (Å²) in [5.74, 6) is 0.0489. The number of fused-ring (bicyclic) bond motifs is 1. The Hall–Kier alpha value is -3.01. The van der Waals surface area contributed by atoms with Gasteiger partial charge in [-0.2, -0.15) is 0 Å². The minimum atomic E-state index is 0.0489. The van der Waals surface area contributed by atoms with Gasteiger partial charge in [0.05, 0.1) is 12.1 Å². The lowest BCUT2D eigenvalue weighted by Crippen LogP contribution is -2.43. The zero-order chi connectivity index (χ0) is 17.1. The van der Waals surface area contributed by atoms with Crippen LogP contribution in [0.3, 0.4) is 0 Å². The predicted octanol–water partition coefficient (Wildman–Crippen LogP) is 3.83. The lowest BCUT2D eigenvalue weighted by atomic mass is 9.96. The third kappa shape index (κ3) is 3.58. The summed E-state index contributed by atoms with van der Waals surface area (Å²) in [6.07, 6.45) is 5.59. The molecule has 1 amide bonds. The van der Waals surface area contributed by atoms with E-state index < -0.39 is 0 Å². The first-order valence-corrected chi connectivity index (χ1v) is 8.50. The number of piperidine rings is 1. The van der Waals surface area contributed by atoms with Gasteiger partial charge >= 0.3 is 0 Å². The summed E-state index contributed by atoms with van der Waals surface area (Å²) in [7, 11) is 0. The number of carbonyl (C=O) groups is 1. The molecular formula is C21H19N3O. The zero-order valence-corrected chi connectivity index (χ0v) is 13.9. The van der Waals surface area contributed by atoms with Crippen LogP contribution < -0.4 is 5.32 Å². The lowest BCUT2D eigenvalue weighted by molar-refractivity contribution is -0.121. The van der Waals surface area contributed by atoms with E-state index in [1.807, 2.05) is 48.7 Å². The van der Waals surface area contributed by atoms with Gasteiger partial charge in [-0.1, -0.05) is 42.5 Å². The van der Waals surface area contributed by atoms with Crippen LogP contribution >= 0.6 is 0 Å². The Morgan fingerprint density at radius 1 is 1.08 bits per heavy atom. The molecule has 0 saturated carbocycles. The van der Waals surface area contributed by atoms with E-state index in [2.05, 4.69) is 22.4 Å². The maximum Gasteiger partial charge on any atom is 0.225 e. The fraction of sp³-hybridized carbons (Fsp3) is 0.190. The number of rotatable bonds is 3. The minimum Gasteiger partial charge on any atom is -0.352 e. The van der Waals surface area contributed by atoms with Gasteiger partial charge in [0.15, 0.2) is 0 Å². The molecule has 4 nitrogen and oxygen atoms in total. The molecule has 3 aromatic rings. The summed E-state index contributed by atoms with van der Waals surface area (Å²) in [6, 6.07) is 18.3. The van der Waals surface area contributed by atoms with E-state index in [-0.39, 0.29) is 11.9 Å². The van der Waals surface area contributed by atoms with Crippen molar-refractivity contribution in [3.8, 4) is 0 Å². The highest BCUT2D eigenvalue weighted by atomic mass is 16.1. The Bertz CT molecular complexity index is 929. The lowest BCUT2D eigenvalue weighted by Gasteiger charge is -2.25. The van der Waals surface area contributed by atoms with Crippen molar-refractivity contribution < 1.29 is 4.79 Å². The summed E-state index contributed by atoms with van der Waals surface area (Å²) < 4.78 is 0. The summed E-state index contributed by atoms with van der Waals surface area (Å²) in [5, 5.41) is 5.21. The monoisotopic (exact) mass is 329 g/mol. The standard InChI is InChI=1S/C21H19N3O/c25-21-13-18(12-17(24-21)11-15-5-2-1-3-6-15)23-20-8-4-7-16-14-22-10-9-19(16)20/h1-10,14,17H,11-13H2,(H,24,25). The molecule has 25 heavy (non-hydrogen) atoms. The second-order valence-corrected chi connectivity index (χ2v) is 6.39. The molecule has 1 N–H and O–H groups in total. The SMILES string of the molecule is O=C1CC(=Nc2cccc3cnccc23)CC(Cc2ccccc2)N1. The molecule has 0 aliphatic carbocycles. The van der Waals surface area contributed by atoms with Crippen LogP contribution in [-0.2, 0) is 11.2 Å². The molecule has 2 heterocycles. The van der Waals surface area contributed by atoms with Crippen molar-refractivity contribution in [3.63, 3.8) is 0 Å². The fourth-order valence-electron chi connectivity index (χ4n) is 3.35. The van der Waals surface area contributed by atoms with Crippen molar-refractivity contribution in [2.45, 2.75) is 25.3 Å². The number of nitrogens with one attached hydrogen (secondary N) is 1. The first kappa shape index (κ1) is 15.5. The number of nitrogens with zero attached hydrogens (tertiary/aromatic N) is 2. The molecule has 4 heteroatoms. The van der Waals surface area contributed by atoms with Gasteiger partial charge in [-0.25, -0.2) is 0 Å². The van der Waals surface area contributed by atoms with E-state index in [0.29, 0.717) is 6.42 Å². The Morgan fingerprint density at radius 2 is 1.96 bits per heavy atom.